The van der Waals surface area contributed by atoms with Crippen LogP contribution in [0.2, 0.25) is 0 Å². The Morgan fingerprint density at radius 3 is 2.32 bits per heavy atom. The lowest BCUT2D eigenvalue weighted by Crippen LogP contribution is -2.40. The van der Waals surface area contributed by atoms with Gasteiger partial charge < -0.3 is 15.7 Å². The second-order valence-electron chi connectivity index (χ2n) is 4.15. The summed E-state index contributed by atoms with van der Waals surface area (Å²) in [6.45, 7) is 1.82. The molecule has 0 rings (SSSR count). The molecule has 8 heteroatoms. The molecule has 5 nitrogen and oxygen atoms in total. The molecule has 0 aliphatic carbocycles. The van der Waals surface area contributed by atoms with Crippen molar-refractivity contribution in [2.45, 2.75) is 38.8 Å². The van der Waals surface area contributed by atoms with Gasteiger partial charge in [-0.3, -0.25) is 4.79 Å². The Morgan fingerprint density at radius 1 is 1.21 bits per heavy atom. The van der Waals surface area contributed by atoms with Gasteiger partial charge in [-0.2, -0.15) is 13.2 Å². The minimum Gasteiger partial charge on any atom is -0.481 e. The summed E-state index contributed by atoms with van der Waals surface area (Å²) in [5.74, 6) is -1.65. The maximum atomic E-state index is 11.8. The third-order valence-corrected chi connectivity index (χ3v) is 2.52. The third-order valence-electron chi connectivity index (χ3n) is 2.52. The number of amides is 2. The zero-order valence-corrected chi connectivity index (χ0v) is 10.7. The molecule has 0 aliphatic rings. The van der Waals surface area contributed by atoms with E-state index in [1.165, 1.54) is 0 Å². The number of urea groups is 1. The van der Waals surface area contributed by atoms with E-state index in [1.807, 2.05) is 0 Å². The largest absolute Gasteiger partial charge is 0.481 e. The van der Waals surface area contributed by atoms with E-state index < -0.39 is 30.5 Å². The summed E-state index contributed by atoms with van der Waals surface area (Å²) in [5.41, 5.74) is 0. The first-order valence-corrected chi connectivity index (χ1v) is 6.07. The second-order valence-corrected chi connectivity index (χ2v) is 4.15. The van der Waals surface area contributed by atoms with E-state index in [2.05, 4.69) is 10.6 Å². The van der Waals surface area contributed by atoms with Crippen molar-refractivity contribution in [1.82, 2.24) is 10.6 Å². The fraction of sp³-hybridized carbons (Fsp3) is 0.818. The highest BCUT2D eigenvalue weighted by Crippen LogP contribution is 2.21. The van der Waals surface area contributed by atoms with Crippen LogP contribution < -0.4 is 10.6 Å². The maximum absolute atomic E-state index is 11.8. The van der Waals surface area contributed by atoms with Gasteiger partial charge in [0.05, 0.1) is 5.92 Å². The molecule has 112 valence electrons. The predicted octanol–water partition coefficient (Wildman–Crippen LogP) is 2.13. The molecule has 0 saturated heterocycles. The summed E-state index contributed by atoms with van der Waals surface area (Å²) < 4.78 is 35.4. The van der Waals surface area contributed by atoms with E-state index in [1.54, 1.807) is 6.92 Å². The molecule has 0 saturated carbocycles. The van der Waals surface area contributed by atoms with Gasteiger partial charge in [0.1, 0.15) is 0 Å². The molecule has 0 aliphatic heterocycles. The molecular weight excluding hydrogens is 265 g/mol. The third kappa shape index (κ3) is 10.2. The minimum absolute atomic E-state index is 0.000216. The Labute approximate surface area is 109 Å². The number of nitrogens with one attached hydrogen (secondary N) is 2. The molecule has 0 heterocycles. The molecule has 0 bridgehead atoms. The van der Waals surface area contributed by atoms with Crippen LogP contribution in [0.15, 0.2) is 0 Å². The van der Waals surface area contributed by atoms with Crippen LogP contribution in [0.1, 0.15) is 32.6 Å². The van der Waals surface area contributed by atoms with Crippen molar-refractivity contribution < 1.29 is 27.9 Å². The average molecular weight is 284 g/mol. The van der Waals surface area contributed by atoms with Gasteiger partial charge >= 0.3 is 18.2 Å². The van der Waals surface area contributed by atoms with Gasteiger partial charge in [0, 0.05) is 19.5 Å². The van der Waals surface area contributed by atoms with Crippen molar-refractivity contribution in [1.29, 1.82) is 0 Å². The molecule has 0 aromatic heterocycles. The normalized spacial score (nSPS) is 12.8. The molecular formula is C11H19F3N2O3. The number of unbranched alkanes of at least 4 members (excludes halogenated alkanes) is 1. The summed E-state index contributed by atoms with van der Waals surface area (Å²) in [6, 6.07) is -0.563. The monoisotopic (exact) mass is 284 g/mol. The van der Waals surface area contributed by atoms with Crippen molar-refractivity contribution in [3.05, 3.63) is 0 Å². The number of hydrogen-bond donors (Lipinski definition) is 3. The molecule has 0 aromatic rings. The van der Waals surface area contributed by atoms with Gasteiger partial charge in [-0.25, -0.2) is 4.79 Å². The number of carboxylic acid groups (broad SMARTS) is 1. The molecule has 0 fully saturated rings. The van der Waals surface area contributed by atoms with Crippen molar-refractivity contribution in [3.63, 3.8) is 0 Å². The number of hydrogen-bond acceptors (Lipinski definition) is 2. The molecule has 3 N–H and O–H groups in total. The van der Waals surface area contributed by atoms with E-state index in [0.29, 0.717) is 6.42 Å². The van der Waals surface area contributed by atoms with Gasteiger partial charge in [0.25, 0.3) is 0 Å². The quantitative estimate of drug-likeness (QED) is 0.597. The van der Waals surface area contributed by atoms with E-state index >= 15 is 0 Å². The standard InChI is InChI=1S/C11H19F3N2O3/c1-2-8(9(17)18)7-16-10(19)15-6-4-3-5-11(12,13)14/h8H,2-7H2,1H3,(H,17,18)(H2,15,16,19). The summed E-state index contributed by atoms with van der Waals surface area (Å²) in [4.78, 5) is 21.9. The molecule has 19 heavy (non-hydrogen) atoms. The zero-order chi connectivity index (χ0) is 14.9. The minimum atomic E-state index is -4.17. The Hall–Kier alpha value is -1.47. The van der Waals surface area contributed by atoms with Crippen LogP contribution in [0.25, 0.3) is 0 Å². The Morgan fingerprint density at radius 2 is 1.84 bits per heavy atom. The van der Waals surface area contributed by atoms with Crippen molar-refractivity contribution in [2.75, 3.05) is 13.1 Å². The Balaban J connectivity index is 3.63. The second kappa shape index (κ2) is 8.60. The van der Waals surface area contributed by atoms with Crippen molar-refractivity contribution >= 4 is 12.0 Å². The molecule has 1 unspecified atom stereocenters. The fourth-order valence-electron chi connectivity index (χ4n) is 1.34. The zero-order valence-electron chi connectivity index (χ0n) is 10.7. The van der Waals surface area contributed by atoms with Gasteiger partial charge in [-0.15, -0.1) is 0 Å². The number of carbonyl (C=O) groups excluding carboxylic acids is 1. The molecule has 1 atom stereocenters. The van der Waals surface area contributed by atoms with Crippen molar-refractivity contribution in [2.24, 2.45) is 5.92 Å². The first-order valence-electron chi connectivity index (χ1n) is 6.07. The van der Waals surface area contributed by atoms with E-state index in [0.717, 1.165) is 0 Å². The van der Waals surface area contributed by atoms with Crippen LogP contribution in [0.3, 0.4) is 0 Å². The Kier molecular flexibility index (Phi) is 7.94. The first kappa shape index (κ1) is 17.5. The summed E-state index contributed by atoms with van der Waals surface area (Å²) in [6.07, 6.45) is -4.47. The lowest BCUT2D eigenvalue weighted by molar-refractivity contribution is -0.141. The lowest BCUT2D eigenvalue weighted by atomic mass is 10.1. The highest BCUT2D eigenvalue weighted by Gasteiger charge is 2.25. The topological polar surface area (TPSA) is 78.4 Å². The number of halogens is 3. The van der Waals surface area contributed by atoms with Gasteiger partial charge in [0.15, 0.2) is 0 Å². The number of aliphatic carboxylic acids is 1. The Bertz CT molecular complexity index is 295. The number of rotatable bonds is 8. The number of carboxylic acids is 1. The SMILES string of the molecule is CCC(CNC(=O)NCCCCC(F)(F)F)C(=O)O. The summed E-state index contributed by atoms with van der Waals surface area (Å²) in [7, 11) is 0. The fourth-order valence-corrected chi connectivity index (χ4v) is 1.34. The van der Waals surface area contributed by atoms with E-state index in [-0.39, 0.29) is 25.9 Å². The maximum Gasteiger partial charge on any atom is 0.389 e. The number of carbonyl (C=O) groups is 2. The van der Waals surface area contributed by atoms with Gasteiger partial charge in [0.2, 0.25) is 0 Å². The summed E-state index contributed by atoms with van der Waals surface area (Å²) >= 11 is 0. The molecule has 2 amide bonds. The summed E-state index contributed by atoms with van der Waals surface area (Å²) in [5, 5.41) is 13.5. The van der Waals surface area contributed by atoms with Gasteiger partial charge in [-0.1, -0.05) is 6.92 Å². The predicted molar refractivity (Wildman–Crippen MR) is 62.7 cm³/mol. The lowest BCUT2D eigenvalue weighted by Gasteiger charge is -2.12. The highest BCUT2D eigenvalue weighted by molar-refractivity contribution is 5.75. The molecule has 0 aromatic carbocycles. The van der Waals surface area contributed by atoms with Crippen molar-refractivity contribution in [3.8, 4) is 0 Å². The van der Waals surface area contributed by atoms with Crippen LogP contribution in [0.4, 0.5) is 18.0 Å². The molecule has 0 radical (unpaired) electrons. The van der Waals surface area contributed by atoms with Crippen LogP contribution in [-0.2, 0) is 4.79 Å². The van der Waals surface area contributed by atoms with E-state index in [4.69, 9.17) is 5.11 Å². The van der Waals surface area contributed by atoms with Crippen LogP contribution in [0.5, 0.6) is 0 Å². The number of alkyl halides is 3. The van der Waals surface area contributed by atoms with Crippen LogP contribution in [-0.4, -0.2) is 36.4 Å². The van der Waals surface area contributed by atoms with E-state index in [9.17, 15) is 22.8 Å². The van der Waals surface area contributed by atoms with Crippen LogP contribution >= 0.6 is 0 Å². The van der Waals surface area contributed by atoms with Crippen LogP contribution in [0, 0.1) is 5.92 Å². The molecule has 0 spiro atoms. The smallest absolute Gasteiger partial charge is 0.389 e. The average Bonchev–Trinajstić information content (AvgIpc) is 2.27. The van der Waals surface area contributed by atoms with Gasteiger partial charge in [-0.05, 0) is 19.3 Å². The highest BCUT2D eigenvalue weighted by atomic mass is 19.4. The first-order chi connectivity index (χ1) is 8.76.